The van der Waals surface area contributed by atoms with Crippen LogP contribution in [0.25, 0.3) is 0 Å². The van der Waals surface area contributed by atoms with Gasteiger partial charge in [0.2, 0.25) is 0 Å². The van der Waals surface area contributed by atoms with E-state index in [0.29, 0.717) is 11.3 Å². The number of rotatable bonds is 0. The maximum atomic E-state index is 9.50. The normalized spacial score (nSPS) is 40.8. The molecule has 0 heterocycles. The fourth-order valence-corrected chi connectivity index (χ4v) is 5.92. The van der Waals surface area contributed by atoms with Gasteiger partial charge in [0.05, 0.1) is 12.0 Å². The molecule has 0 bridgehead atoms. The molecule has 1 heteroatoms. The number of hydrogen-bond acceptors (Lipinski definition) is 1. The summed E-state index contributed by atoms with van der Waals surface area (Å²) >= 11 is 0. The van der Waals surface area contributed by atoms with E-state index in [4.69, 9.17) is 0 Å². The predicted octanol–water partition coefficient (Wildman–Crippen LogP) is 4.99. The van der Waals surface area contributed by atoms with Gasteiger partial charge in [-0.1, -0.05) is 30.7 Å². The molecule has 0 amide bonds. The molecule has 0 radical (unpaired) electrons. The number of aryl methyl sites for hydroxylation is 2. The second-order valence-corrected chi connectivity index (χ2v) is 7.92. The van der Waals surface area contributed by atoms with E-state index in [-0.39, 0.29) is 0 Å². The monoisotopic (exact) mass is 279 g/mol. The van der Waals surface area contributed by atoms with Gasteiger partial charge in [0.15, 0.2) is 0 Å². The fraction of sp³-hybridized carbons (Fsp3) is 0.650. The Morgan fingerprint density at radius 2 is 2.05 bits per heavy atom. The summed E-state index contributed by atoms with van der Waals surface area (Å²) in [5, 5.41) is 9.50. The van der Waals surface area contributed by atoms with E-state index in [9.17, 15) is 5.26 Å². The zero-order valence-corrected chi connectivity index (χ0v) is 13.2. The van der Waals surface area contributed by atoms with Gasteiger partial charge < -0.3 is 0 Å². The van der Waals surface area contributed by atoms with Crippen molar-refractivity contribution < 1.29 is 0 Å². The van der Waals surface area contributed by atoms with E-state index < -0.39 is 0 Å². The Morgan fingerprint density at radius 3 is 2.86 bits per heavy atom. The van der Waals surface area contributed by atoms with Crippen molar-refractivity contribution in [2.45, 2.75) is 58.3 Å². The van der Waals surface area contributed by atoms with E-state index >= 15 is 0 Å². The molecule has 21 heavy (non-hydrogen) atoms. The molecule has 3 aliphatic carbocycles. The molecular formula is C20H25N. The van der Waals surface area contributed by atoms with Gasteiger partial charge in [0.25, 0.3) is 0 Å². The van der Waals surface area contributed by atoms with Crippen molar-refractivity contribution in [3.63, 3.8) is 0 Å². The summed E-state index contributed by atoms with van der Waals surface area (Å²) in [7, 11) is 0. The van der Waals surface area contributed by atoms with Gasteiger partial charge in [-0.2, -0.15) is 5.26 Å². The van der Waals surface area contributed by atoms with Gasteiger partial charge in [-0.15, -0.1) is 0 Å². The van der Waals surface area contributed by atoms with Crippen molar-refractivity contribution in [2.24, 2.45) is 23.2 Å². The van der Waals surface area contributed by atoms with Crippen molar-refractivity contribution >= 4 is 0 Å². The van der Waals surface area contributed by atoms with Crippen LogP contribution in [0, 0.1) is 41.4 Å². The van der Waals surface area contributed by atoms with E-state index in [1.54, 1.807) is 11.1 Å². The van der Waals surface area contributed by atoms with Gasteiger partial charge in [-0.05, 0) is 79.7 Å². The number of fused-ring (bicyclic) bond motifs is 5. The van der Waals surface area contributed by atoms with E-state index in [1.165, 1.54) is 37.7 Å². The third kappa shape index (κ3) is 1.81. The molecule has 0 aromatic heterocycles. The van der Waals surface area contributed by atoms with Crippen molar-refractivity contribution in [1.82, 2.24) is 0 Å². The zero-order valence-electron chi connectivity index (χ0n) is 13.2. The highest BCUT2D eigenvalue weighted by Crippen LogP contribution is 2.62. The molecule has 0 aliphatic heterocycles. The quantitative estimate of drug-likeness (QED) is 0.656. The first kappa shape index (κ1) is 13.4. The summed E-state index contributed by atoms with van der Waals surface area (Å²) in [5.74, 6) is 2.69. The Labute approximate surface area is 128 Å². The van der Waals surface area contributed by atoms with Crippen LogP contribution in [0.2, 0.25) is 0 Å². The number of nitrogens with zero attached hydrogens (tertiary/aromatic N) is 1. The molecule has 5 unspecified atom stereocenters. The molecule has 0 saturated heterocycles. The molecule has 0 N–H and O–H groups in total. The molecule has 1 aromatic carbocycles. The second-order valence-electron chi connectivity index (χ2n) is 7.92. The first-order valence-electron chi connectivity index (χ1n) is 8.62. The molecule has 1 aromatic rings. The van der Waals surface area contributed by atoms with Gasteiger partial charge in [0, 0.05) is 0 Å². The Kier molecular flexibility index (Phi) is 2.93. The van der Waals surface area contributed by atoms with Crippen molar-refractivity contribution in [1.29, 1.82) is 5.26 Å². The summed E-state index contributed by atoms with van der Waals surface area (Å²) in [6.07, 6.45) is 7.58. The molecule has 110 valence electrons. The van der Waals surface area contributed by atoms with E-state index in [2.05, 4.69) is 38.1 Å². The highest BCUT2D eigenvalue weighted by Gasteiger charge is 2.54. The first-order valence-corrected chi connectivity index (χ1v) is 8.62. The van der Waals surface area contributed by atoms with Crippen molar-refractivity contribution in [3.8, 4) is 6.07 Å². The van der Waals surface area contributed by atoms with Crippen LogP contribution in [0.5, 0.6) is 0 Å². The smallest absolute Gasteiger partial charge is 0.0661 e. The molecule has 2 fully saturated rings. The third-order valence-corrected chi connectivity index (χ3v) is 7.04. The van der Waals surface area contributed by atoms with Crippen LogP contribution in [0.1, 0.15) is 61.6 Å². The lowest BCUT2D eigenvalue weighted by molar-refractivity contribution is 0.0427. The molecule has 4 rings (SSSR count). The van der Waals surface area contributed by atoms with Gasteiger partial charge in [-0.3, -0.25) is 0 Å². The van der Waals surface area contributed by atoms with E-state index in [1.807, 2.05) is 0 Å². The van der Waals surface area contributed by atoms with Crippen LogP contribution in [0.4, 0.5) is 0 Å². The summed E-state index contributed by atoms with van der Waals surface area (Å²) < 4.78 is 0. The van der Waals surface area contributed by atoms with Crippen LogP contribution in [-0.2, 0) is 6.42 Å². The van der Waals surface area contributed by atoms with Crippen LogP contribution in [-0.4, -0.2) is 0 Å². The summed E-state index contributed by atoms with van der Waals surface area (Å²) in [5.41, 5.74) is 4.95. The highest BCUT2D eigenvalue weighted by molar-refractivity contribution is 5.37. The number of benzene rings is 1. The highest BCUT2D eigenvalue weighted by atomic mass is 14.6. The standard InChI is InChI=1S/C20H25N/c1-13-3-6-16-14(11-13)4-7-18-17(16)9-10-20(2)15(12-21)5-8-19(18)20/h3,6,11,15,17-19H,4-5,7-10H2,1-2H3. The summed E-state index contributed by atoms with van der Waals surface area (Å²) in [4.78, 5) is 0. The first-order chi connectivity index (χ1) is 10.1. The molecule has 0 spiro atoms. The van der Waals surface area contributed by atoms with Gasteiger partial charge >= 0.3 is 0 Å². The van der Waals surface area contributed by atoms with Crippen LogP contribution in [0.15, 0.2) is 18.2 Å². The molecule has 2 saturated carbocycles. The predicted molar refractivity (Wildman–Crippen MR) is 84.9 cm³/mol. The third-order valence-electron chi connectivity index (χ3n) is 7.04. The maximum absolute atomic E-state index is 9.50. The number of hydrogen-bond donors (Lipinski definition) is 0. The Balaban J connectivity index is 1.70. The molecular weight excluding hydrogens is 254 g/mol. The molecule has 1 nitrogen and oxygen atoms in total. The summed E-state index contributed by atoms with van der Waals surface area (Å²) in [6.45, 7) is 4.62. The lowest BCUT2D eigenvalue weighted by Crippen LogP contribution is -2.42. The van der Waals surface area contributed by atoms with Gasteiger partial charge in [0.1, 0.15) is 0 Å². The average Bonchev–Trinajstić information content (AvgIpc) is 2.83. The van der Waals surface area contributed by atoms with Gasteiger partial charge in [-0.25, -0.2) is 0 Å². The van der Waals surface area contributed by atoms with Crippen molar-refractivity contribution in [2.75, 3.05) is 0 Å². The Morgan fingerprint density at radius 1 is 1.19 bits per heavy atom. The van der Waals surface area contributed by atoms with Crippen LogP contribution < -0.4 is 0 Å². The van der Waals surface area contributed by atoms with E-state index in [0.717, 1.165) is 24.2 Å². The lowest BCUT2D eigenvalue weighted by atomic mass is 9.54. The van der Waals surface area contributed by atoms with Crippen LogP contribution in [0.3, 0.4) is 0 Å². The Hall–Kier alpha value is -1.29. The SMILES string of the molecule is Cc1ccc2c(c1)CCC1C2CCC2(C)C(C#N)CCC12. The summed E-state index contributed by atoms with van der Waals surface area (Å²) in [6, 6.07) is 9.73. The minimum absolute atomic E-state index is 0.304. The fourth-order valence-electron chi connectivity index (χ4n) is 5.92. The topological polar surface area (TPSA) is 23.8 Å². The van der Waals surface area contributed by atoms with Crippen molar-refractivity contribution in [3.05, 3.63) is 34.9 Å². The largest absolute Gasteiger partial charge is 0.198 e. The number of nitriles is 1. The minimum Gasteiger partial charge on any atom is -0.198 e. The average molecular weight is 279 g/mol. The second kappa shape index (κ2) is 4.60. The molecule has 3 aliphatic rings. The lowest BCUT2D eigenvalue weighted by Gasteiger charge is -2.50. The zero-order chi connectivity index (χ0) is 14.6. The minimum atomic E-state index is 0.304. The van der Waals surface area contributed by atoms with Crippen LogP contribution >= 0.6 is 0 Å². The Bertz CT molecular complexity index is 611. The maximum Gasteiger partial charge on any atom is 0.0661 e. The molecule has 5 atom stereocenters.